The third kappa shape index (κ3) is 8.22. The number of nitrogens with two attached hydrogens (primary N) is 1. The van der Waals surface area contributed by atoms with E-state index in [0.29, 0.717) is 11.7 Å². The van der Waals surface area contributed by atoms with Crippen LogP contribution in [0.4, 0.5) is 11.5 Å². The Morgan fingerprint density at radius 3 is 2.29 bits per heavy atom. The molecule has 0 aliphatic rings. The Hall–Kier alpha value is -3.91. The van der Waals surface area contributed by atoms with Crippen molar-refractivity contribution in [3.05, 3.63) is 84.9 Å². The van der Waals surface area contributed by atoms with E-state index in [1.54, 1.807) is 18.0 Å². The summed E-state index contributed by atoms with van der Waals surface area (Å²) in [5, 5.41) is 11.0. The summed E-state index contributed by atoms with van der Waals surface area (Å²) in [6, 6.07) is 17.9. The molecule has 0 saturated heterocycles. The third-order valence-corrected chi connectivity index (χ3v) is 5.07. The summed E-state index contributed by atoms with van der Waals surface area (Å²) in [5.74, 6) is 1.15. The van der Waals surface area contributed by atoms with E-state index in [1.165, 1.54) is 5.56 Å². The Morgan fingerprint density at radius 2 is 1.68 bits per heavy atom. The van der Waals surface area contributed by atoms with Crippen LogP contribution in [0, 0.1) is 0 Å². The molecule has 178 valence electrons. The SMILES string of the molecule is COc1ccc(CCNCCCNc2cc(-c3cnn(C)c3)cnc2N)cn1.c1ccccc1. The highest BCUT2D eigenvalue weighted by molar-refractivity contribution is 5.72. The quantitative estimate of drug-likeness (QED) is 0.310. The second-order valence-electron chi connectivity index (χ2n) is 7.70. The van der Waals surface area contributed by atoms with Gasteiger partial charge in [0, 0.05) is 49.4 Å². The summed E-state index contributed by atoms with van der Waals surface area (Å²) in [4.78, 5) is 8.50. The lowest BCUT2D eigenvalue weighted by atomic mass is 10.1. The minimum atomic E-state index is 0.507. The van der Waals surface area contributed by atoms with Crippen molar-refractivity contribution in [1.82, 2.24) is 25.1 Å². The van der Waals surface area contributed by atoms with Crippen LogP contribution in [-0.4, -0.2) is 46.5 Å². The number of hydrogen-bond donors (Lipinski definition) is 3. The molecule has 0 bridgehead atoms. The number of nitrogens with zero attached hydrogens (tertiary/aromatic N) is 4. The van der Waals surface area contributed by atoms with Crippen molar-refractivity contribution < 1.29 is 4.74 Å². The number of hydrogen-bond acceptors (Lipinski definition) is 7. The van der Waals surface area contributed by atoms with Gasteiger partial charge in [0.1, 0.15) is 5.82 Å². The van der Waals surface area contributed by atoms with Gasteiger partial charge in [-0.3, -0.25) is 4.68 Å². The molecule has 1 aromatic carbocycles. The standard InChI is InChI=1S/C20H27N7O.C6H6/c1-27-14-17(13-26-27)16-10-18(20(21)25-12-16)23-8-3-7-22-9-6-15-4-5-19(28-2)24-11-15;1-2-4-6-5-3-1/h4-5,10-14,22-23H,3,6-9H2,1-2H3,(H2,21,25);1-6H. The molecule has 3 heterocycles. The summed E-state index contributed by atoms with van der Waals surface area (Å²) in [7, 11) is 3.52. The average Bonchev–Trinajstić information content (AvgIpc) is 3.32. The van der Waals surface area contributed by atoms with Gasteiger partial charge in [0.25, 0.3) is 0 Å². The van der Waals surface area contributed by atoms with E-state index in [2.05, 4.69) is 25.7 Å². The zero-order valence-electron chi connectivity index (χ0n) is 19.8. The van der Waals surface area contributed by atoms with Crippen molar-refractivity contribution in [3.63, 3.8) is 0 Å². The van der Waals surface area contributed by atoms with Crippen molar-refractivity contribution in [1.29, 1.82) is 0 Å². The fraction of sp³-hybridized carbons (Fsp3) is 0.269. The molecule has 34 heavy (non-hydrogen) atoms. The molecule has 4 rings (SSSR count). The van der Waals surface area contributed by atoms with Gasteiger partial charge in [-0.15, -0.1) is 0 Å². The number of anilines is 2. The normalized spacial score (nSPS) is 10.3. The van der Waals surface area contributed by atoms with E-state index < -0.39 is 0 Å². The maximum absolute atomic E-state index is 6.00. The lowest BCUT2D eigenvalue weighted by molar-refractivity contribution is 0.397. The fourth-order valence-corrected chi connectivity index (χ4v) is 3.20. The van der Waals surface area contributed by atoms with E-state index >= 15 is 0 Å². The van der Waals surface area contributed by atoms with Crippen LogP contribution in [0.3, 0.4) is 0 Å². The monoisotopic (exact) mass is 459 g/mol. The van der Waals surface area contributed by atoms with E-state index in [4.69, 9.17) is 10.5 Å². The number of benzene rings is 1. The number of rotatable bonds is 10. The van der Waals surface area contributed by atoms with Gasteiger partial charge in [0.2, 0.25) is 5.88 Å². The molecule has 8 heteroatoms. The molecule has 0 fully saturated rings. The largest absolute Gasteiger partial charge is 0.481 e. The first-order valence-electron chi connectivity index (χ1n) is 11.3. The zero-order valence-corrected chi connectivity index (χ0v) is 19.8. The van der Waals surface area contributed by atoms with E-state index in [0.717, 1.165) is 49.3 Å². The van der Waals surface area contributed by atoms with Gasteiger partial charge in [0.05, 0.1) is 19.0 Å². The van der Waals surface area contributed by atoms with Gasteiger partial charge in [-0.05, 0) is 37.6 Å². The molecular weight excluding hydrogens is 426 g/mol. The molecule has 0 aliphatic heterocycles. The van der Waals surface area contributed by atoms with Crippen molar-refractivity contribution >= 4 is 11.5 Å². The molecule has 0 atom stereocenters. The highest BCUT2D eigenvalue weighted by Crippen LogP contribution is 2.24. The number of nitrogen functional groups attached to an aromatic ring is 1. The van der Waals surface area contributed by atoms with Crippen LogP contribution in [0.1, 0.15) is 12.0 Å². The maximum atomic E-state index is 6.00. The van der Waals surface area contributed by atoms with Gasteiger partial charge in [0.15, 0.2) is 0 Å². The molecule has 0 unspecified atom stereocenters. The van der Waals surface area contributed by atoms with Crippen LogP contribution in [0.25, 0.3) is 11.1 Å². The predicted molar refractivity (Wildman–Crippen MR) is 138 cm³/mol. The van der Waals surface area contributed by atoms with Crippen LogP contribution >= 0.6 is 0 Å². The van der Waals surface area contributed by atoms with Crippen LogP contribution < -0.4 is 21.1 Å². The summed E-state index contributed by atoms with van der Waals surface area (Å²) in [6.07, 6.45) is 9.32. The Balaban J connectivity index is 0.000000469. The Morgan fingerprint density at radius 1 is 0.912 bits per heavy atom. The second-order valence-corrected chi connectivity index (χ2v) is 7.70. The summed E-state index contributed by atoms with van der Waals surface area (Å²) in [6.45, 7) is 2.65. The predicted octanol–water partition coefficient (Wildman–Crippen LogP) is 3.79. The first kappa shape index (κ1) is 24.7. The lowest BCUT2D eigenvalue weighted by Crippen LogP contribution is -2.21. The minimum absolute atomic E-state index is 0.507. The molecule has 8 nitrogen and oxygen atoms in total. The number of pyridine rings is 2. The number of aromatic nitrogens is 4. The van der Waals surface area contributed by atoms with Crippen LogP contribution in [-0.2, 0) is 13.5 Å². The number of nitrogens with one attached hydrogen (secondary N) is 2. The molecule has 4 aromatic rings. The molecule has 3 aromatic heterocycles. The van der Waals surface area contributed by atoms with E-state index in [9.17, 15) is 0 Å². The summed E-state index contributed by atoms with van der Waals surface area (Å²) >= 11 is 0. The Kier molecular flexibility index (Phi) is 9.89. The summed E-state index contributed by atoms with van der Waals surface area (Å²) < 4.78 is 6.84. The Bertz CT molecular complexity index is 1070. The Labute approximate surface area is 201 Å². The number of aryl methyl sites for hydroxylation is 1. The highest BCUT2D eigenvalue weighted by Gasteiger charge is 2.06. The molecule has 4 N–H and O–H groups in total. The molecule has 0 aliphatic carbocycles. The first-order valence-corrected chi connectivity index (χ1v) is 11.3. The molecule has 0 spiro atoms. The molecule has 0 saturated carbocycles. The van der Waals surface area contributed by atoms with Gasteiger partial charge >= 0.3 is 0 Å². The van der Waals surface area contributed by atoms with Crippen molar-refractivity contribution in [3.8, 4) is 17.0 Å². The average molecular weight is 460 g/mol. The molecule has 0 radical (unpaired) electrons. The van der Waals surface area contributed by atoms with Gasteiger partial charge in [-0.25, -0.2) is 9.97 Å². The lowest BCUT2D eigenvalue weighted by Gasteiger charge is -2.10. The van der Waals surface area contributed by atoms with Gasteiger partial charge in [-0.2, -0.15) is 5.10 Å². The smallest absolute Gasteiger partial charge is 0.212 e. The summed E-state index contributed by atoms with van der Waals surface area (Å²) in [5.41, 5.74) is 10.1. The second kappa shape index (κ2) is 13.6. The van der Waals surface area contributed by atoms with Crippen LogP contribution in [0.15, 0.2) is 79.4 Å². The minimum Gasteiger partial charge on any atom is -0.481 e. The zero-order chi connectivity index (χ0) is 24.0. The van der Waals surface area contributed by atoms with Crippen LogP contribution in [0.2, 0.25) is 0 Å². The van der Waals surface area contributed by atoms with Crippen molar-refractivity contribution in [2.24, 2.45) is 7.05 Å². The molecule has 0 amide bonds. The van der Waals surface area contributed by atoms with E-state index in [-0.39, 0.29) is 0 Å². The first-order chi connectivity index (χ1) is 16.7. The maximum Gasteiger partial charge on any atom is 0.212 e. The molecular formula is C26H33N7O. The van der Waals surface area contributed by atoms with Crippen molar-refractivity contribution in [2.75, 3.05) is 37.8 Å². The third-order valence-electron chi connectivity index (χ3n) is 5.07. The topological polar surface area (TPSA) is 103 Å². The van der Waals surface area contributed by atoms with Crippen LogP contribution in [0.5, 0.6) is 5.88 Å². The van der Waals surface area contributed by atoms with Crippen molar-refractivity contribution in [2.45, 2.75) is 12.8 Å². The highest BCUT2D eigenvalue weighted by atomic mass is 16.5. The van der Waals surface area contributed by atoms with Gasteiger partial charge < -0.3 is 21.1 Å². The number of methoxy groups -OCH3 is 1. The van der Waals surface area contributed by atoms with Gasteiger partial charge in [-0.1, -0.05) is 42.5 Å². The van der Waals surface area contributed by atoms with E-state index in [1.807, 2.05) is 80.2 Å². The number of ether oxygens (including phenoxy) is 1. The fourth-order valence-electron chi connectivity index (χ4n) is 3.20.